The molecule has 96 valence electrons. The molecule has 2 atom stereocenters. The van der Waals surface area contributed by atoms with E-state index in [1.165, 1.54) is 32.5 Å². The summed E-state index contributed by atoms with van der Waals surface area (Å²) in [6, 6.07) is 1.42. The van der Waals surface area contributed by atoms with E-state index in [1.54, 1.807) is 0 Å². The largest absolute Gasteiger partial charge is 0.312 e. The van der Waals surface area contributed by atoms with Crippen LogP contribution in [0.2, 0.25) is 0 Å². The molecule has 1 aliphatic rings. The molecule has 0 saturated carbocycles. The van der Waals surface area contributed by atoms with Crippen molar-refractivity contribution in [1.29, 1.82) is 0 Å². The number of hydrogen-bond acceptors (Lipinski definition) is 2. The fourth-order valence-corrected chi connectivity index (χ4v) is 2.39. The van der Waals surface area contributed by atoms with Crippen LogP contribution >= 0.6 is 0 Å². The molecule has 0 bridgehead atoms. The first kappa shape index (κ1) is 14.0. The minimum Gasteiger partial charge on any atom is -0.312 e. The highest BCUT2D eigenvalue weighted by Crippen LogP contribution is 2.18. The van der Waals surface area contributed by atoms with Gasteiger partial charge in [-0.1, -0.05) is 27.7 Å². The highest BCUT2D eigenvalue weighted by atomic mass is 15.2. The smallest absolute Gasteiger partial charge is 0.0221 e. The zero-order chi connectivity index (χ0) is 12.1. The molecule has 1 saturated heterocycles. The number of likely N-dealkylation sites (tertiary alicyclic amines) is 1. The number of nitrogens with zero attached hydrogens (tertiary/aromatic N) is 1. The maximum Gasteiger partial charge on any atom is 0.0221 e. The molecule has 1 rings (SSSR count). The first-order valence-electron chi connectivity index (χ1n) is 6.98. The molecule has 0 spiro atoms. The molecule has 0 aromatic rings. The first-order chi connectivity index (χ1) is 7.50. The number of hydrogen-bond donors (Lipinski definition) is 1. The molecule has 1 heterocycles. The molecule has 2 nitrogen and oxygen atoms in total. The van der Waals surface area contributed by atoms with Crippen molar-refractivity contribution in [3.05, 3.63) is 0 Å². The summed E-state index contributed by atoms with van der Waals surface area (Å²) >= 11 is 0. The van der Waals surface area contributed by atoms with Gasteiger partial charge in [-0.15, -0.1) is 0 Å². The van der Waals surface area contributed by atoms with Gasteiger partial charge in [-0.3, -0.25) is 4.90 Å². The minimum absolute atomic E-state index is 0.640. The molecule has 0 radical (unpaired) electrons. The van der Waals surface area contributed by atoms with Crippen molar-refractivity contribution in [2.24, 2.45) is 11.8 Å². The van der Waals surface area contributed by atoms with Gasteiger partial charge in [0.25, 0.3) is 0 Å². The Balaban J connectivity index is 2.29. The van der Waals surface area contributed by atoms with Gasteiger partial charge in [-0.2, -0.15) is 0 Å². The van der Waals surface area contributed by atoms with Gasteiger partial charge in [-0.05, 0) is 38.1 Å². The minimum atomic E-state index is 0.640. The number of nitrogens with one attached hydrogen (secondary N) is 1. The van der Waals surface area contributed by atoms with Crippen LogP contribution in [0.15, 0.2) is 0 Å². The maximum atomic E-state index is 3.69. The van der Waals surface area contributed by atoms with E-state index in [0.717, 1.165) is 17.9 Å². The van der Waals surface area contributed by atoms with Crippen molar-refractivity contribution in [3.63, 3.8) is 0 Å². The summed E-state index contributed by atoms with van der Waals surface area (Å²) in [5.74, 6) is 1.53. The first-order valence-corrected chi connectivity index (χ1v) is 6.98. The lowest BCUT2D eigenvalue weighted by atomic mass is 10.1. The molecule has 0 amide bonds. The van der Waals surface area contributed by atoms with Crippen LogP contribution in [-0.2, 0) is 0 Å². The Labute approximate surface area is 102 Å². The second-order valence-corrected chi connectivity index (χ2v) is 6.13. The summed E-state index contributed by atoms with van der Waals surface area (Å²) in [5.41, 5.74) is 0. The van der Waals surface area contributed by atoms with Gasteiger partial charge in [0.15, 0.2) is 0 Å². The molecule has 1 unspecified atom stereocenters. The van der Waals surface area contributed by atoms with Crippen LogP contribution in [0.4, 0.5) is 0 Å². The van der Waals surface area contributed by atoms with Crippen molar-refractivity contribution in [2.45, 2.75) is 59.5 Å². The van der Waals surface area contributed by atoms with Gasteiger partial charge < -0.3 is 5.32 Å². The molecule has 1 N–H and O–H groups in total. The van der Waals surface area contributed by atoms with E-state index >= 15 is 0 Å². The van der Waals surface area contributed by atoms with Crippen molar-refractivity contribution < 1.29 is 0 Å². The Morgan fingerprint density at radius 1 is 1.19 bits per heavy atom. The van der Waals surface area contributed by atoms with E-state index in [0.29, 0.717) is 6.04 Å². The lowest BCUT2D eigenvalue weighted by Crippen LogP contribution is -2.43. The summed E-state index contributed by atoms with van der Waals surface area (Å²) in [6.45, 7) is 15.3. The van der Waals surface area contributed by atoms with E-state index in [2.05, 4.69) is 44.8 Å². The molecule has 0 aliphatic carbocycles. The van der Waals surface area contributed by atoms with Crippen molar-refractivity contribution in [3.8, 4) is 0 Å². The molecule has 16 heavy (non-hydrogen) atoms. The normalized spacial score (nSPS) is 24.6. The fraction of sp³-hybridized carbons (Fsp3) is 1.00. The van der Waals surface area contributed by atoms with Gasteiger partial charge in [0, 0.05) is 25.2 Å². The van der Waals surface area contributed by atoms with Crippen LogP contribution in [-0.4, -0.2) is 36.6 Å². The lowest BCUT2D eigenvalue weighted by molar-refractivity contribution is 0.214. The van der Waals surface area contributed by atoms with Crippen LogP contribution < -0.4 is 5.32 Å². The van der Waals surface area contributed by atoms with E-state index in [-0.39, 0.29) is 0 Å². The van der Waals surface area contributed by atoms with E-state index < -0.39 is 0 Å². The van der Waals surface area contributed by atoms with E-state index in [4.69, 9.17) is 0 Å². The Morgan fingerprint density at radius 3 is 2.44 bits per heavy atom. The van der Waals surface area contributed by atoms with Gasteiger partial charge >= 0.3 is 0 Å². The Morgan fingerprint density at radius 2 is 1.88 bits per heavy atom. The average molecular weight is 226 g/mol. The third kappa shape index (κ3) is 4.42. The van der Waals surface area contributed by atoms with Gasteiger partial charge in [0.05, 0.1) is 0 Å². The quantitative estimate of drug-likeness (QED) is 0.749. The molecule has 2 heteroatoms. The predicted octanol–water partition coefficient (Wildman–Crippen LogP) is 2.74. The summed E-state index contributed by atoms with van der Waals surface area (Å²) < 4.78 is 0. The van der Waals surface area contributed by atoms with E-state index in [1.807, 2.05) is 0 Å². The monoisotopic (exact) mass is 226 g/mol. The SMILES string of the molecule is CC(C)CN1CCC[C@@H]1CNC(C)C(C)C. The third-order valence-electron chi connectivity index (χ3n) is 3.77. The zero-order valence-corrected chi connectivity index (χ0v) is 11.8. The molecule has 0 aromatic carbocycles. The second kappa shape index (κ2) is 6.61. The summed E-state index contributed by atoms with van der Waals surface area (Å²) in [6.07, 6.45) is 2.76. The van der Waals surface area contributed by atoms with Crippen LogP contribution in [0, 0.1) is 11.8 Å². The molecule has 1 fully saturated rings. The predicted molar refractivity (Wildman–Crippen MR) is 71.7 cm³/mol. The van der Waals surface area contributed by atoms with Gasteiger partial charge in [-0.25, -0.2) is 0 Å². The lowest BCUT2D eigenvalue weighted by Gasteiger charge is -2.28. The zero-order valence-electron chi connectivity index (χ0n) is 11.8. The standard InChI is InChI=1S/C14H30N2/c1-11(2)10-16-8-6-7-14(16)9-15-13(5)12(3)4/h11-15H,6-10H2,1-5H3/t13?,14-/m1/s1. The second-order valence-electron chi connectivity index (χ2n) is 6.13. The van der Waals surface area contributed by atoms with Crippen LogP contribution in [0.5, 0.6) is 0 Å². The topological polar surface area (TPSA) is 15.3 Å². The Bertz CT molecular complexity index is 189. The Kier molecular flexibility index (Phi) is 5.77. The summed E-state index contributed by atoms with van der Waals surface area (Å²) in [4.78, 5) is 2.67. The van der Waals surface area contributed by atoms with Crippen molar-refractivity contribution >= 4 is 0 Å². The van der Waals surface area contributed by atoms with Gasteiger partial charge in [0.2, 0.25) is 0 Å². The third-order valence-corrected chi connectivity index (χ3v) is 3.77. The van der Waals surface area contributed by atoms with Gasteiger partial charge in [0.1, 0.15) is 0 Å². The molecular formula is C14H30N2. The molecule has 0 aromatic heterocycles. The van der Waals surface area contributed by atoms with Crippen LogP contribution in [0.3, 0.4) is 0 Å². The van der Waals surface area contributed by atoms with Crippen LogP contribution in [0.1, 0.15) is 47.5 Å². The molecule has 1 aliphatic heterocycles. The van der Waals surface area contributed by atoms with E-state index in [9.17, 15) is 0 Å². The summed E-state index contributed by atoms with van der Waals surface area (Å²) in [5, 5.41) is 3.69. The highest BCUT2D eigenvalue weighted by Gasteiger charge is 2.24. The number of rotatable bonds is 6. The fourth-order valence-electron chi connectivity index (χ4n) is 2.39. The summed E-state index contributed by atoms with van der Waals surface area (Å²) in [7, 11) is 0. The van der Waals surface area contributed by atoms with Crippen LogP contribution in [0.25, 0.3) is 0 Å². The molecular weight excluding hydrogens is 196 g/mol. The van der Waals surface area contributed by atoms with Crippen molar-refractivity contribution in [2.75, 3.05) is 19.6 Å². The maximum absolute atomic E-state index is 3.69. The average Bonchev–Trinajstić information content (AvgIpc) is 2.60. The highest BCUT2D eigenvalue weighted by molar-refractivity contribution is 4.82. The Hall–Kier alpha value is -0.0800. The van der Waals surface area contributed by atoms with Crippen molar-refractivity contribution in [1.82, 2.24) is 10.2 Å².